The number of rotatable bonds is 3. The van der Waals surface area contributed by atoms with Gasteiger partial charge < -0.3 is 5.32 Å². The van der Waals surface area contributed by atoms with Crippen LogP contribution < -0.4 is 5.32 Å². The van der Waals surface area contributed by atoms with E-state index >= 15 is 0 Å². The number of amides is 1. The Bertz CT molecular complexity index is 823. The molecular formula is C18H16N2OS. The standard InChI is InChI=1S/C18H16N2OS/c1-12-6-3-4-9-16(12)18(21)20-15-8-5-7-14(10-15)17-11-22-13(2)19-17/h3-11H,1-2H3,(H,20,21). The molecule has 0 spiro atoms. The molecule has 0 aliphatic rings. The van der Waals surface area contributed by atoms with Crippen LogP contribution in [0.1, 0.15) is 20.9 Å². The number of carbonyl (C=O) groups is 1. The van der Waals surface area contributed by atoms with Crippen molar-refractivity contribution in [3.8, 4) is 11.3 Å². The van der Waals surface area contributed by atoms with Crippen LogP contribution in [0.15, 0.2) is 53.9 Å². The van der Waals surface area contributed by atoms with E-state index in [9.17, 15) is 4.79 Å². The van der Waals surface area contributed by atoms with Crippen molar-refractivity contribution in [3.05, 3.63) is 70.0 Å². The fourth-order valence-electron chi connectivity index (χ4n) is 2.28. The maximum absolute atomic E-state index is 12.4. The Morgan fingerprint density at radius 3 is 2.64 bits per heavy atom. The molecule has 0 unspecified atom stereocenters. The van der Waals surface area contributed by atoms with E-state index < -0.39 is 0 Å². The lowest BCUT2D eigenvalue weighted by molar-refractivity contribution is 0.102. The van der Waals surface area contributed by atoms with Crippen LogP contribution in [0.25, 0.3) is 11.3 Å². The second kappa shape index (κ2) is 6.12. The summed E-state index contributed by atoms with van der Waals surface area (Å²) in [6.07, 6.45) is 0. The first-order valence-corrected chi connectivity index (χ1v) is 7.91. The number of carbonyl (C=O) groups excluding carboxylic acids is 1. The van der Waals surface area contributed by atoms with Crippen LogP contribution in [0, 0.1) is 13.8 Å². The van der Waals surface area contributed by atoms with Gasteiger partial charge in [0.2, 0.25) is 0 Å². The summed E-state index contributed by atoms with van der Waals surface area (Å²) in [4.78, 5) is 16.8. The number of aryl methyl sites for hydroxylation is 2. The van der Waals surface area contributed by atoms with Crippen LogP contribution >= 0.6 is 11.3 Å². The van der Waals surface area contributed by atoms with Gasteiger partial charge in [0.1, 0.15) is 0 Å². The summed E-state index contributed by atoms with van der Waals surface area (Å²) in [6, 6.07) is 15.3. The van der Waals surface area contributed by atoms with Crippen molar-refractivity contribution >= 4 is 22.9 Å². The molecule has 3 nitrogen and oxygen atoms in total. The van der Waals surface area contributed by atoms with Gasteiger partial charge in [-0.3, -0.25) is 4.79 Å². The van der Waals surface area contributed by atoms with Crippen molar-refractivity contribution in [1.29, 1.82) is 0 Å². The van der Waals surface area contributed by atoms with Gasteiger partial charge in [-0.15, -0.1) is 11.3 Å². The van der Waals surface area contributed by atoms with Gasteiger partial charge >= 0.3 is 0 Å². The number of aromatic nitrogens is 1. The van der Waals surface area contributed by atoms with Gasteiger partial charge in [-0.05, 0) is 37.6 Å². The van der Waals surface area contributed by atoms with Crippen LogP contribution in [-0.2, 0) is 0 Å². The molecule has 0 saturated carbocycles. The Balaban J connectivity index is 1.84. The summed E-state index contributed by atoms with van der Waals surface area (Å²) in [6.45, 7) is 3.92. The Morgan fingerprint density at radius 2 is 1.91 bits per heavy atom. The molecule has 2 aromatic carbocycles. The number of benzene rings is 2. The van der Waals surface area contributed by atoms with E-state index in [4.69, 9.17) is 0 Å². The number of thiazole rings is 1. The first kappa shape index (κ1) is 14.5. The van der Waals surface area contributed by atoms with Crippen molar-refractivity contribution in [2.45, 2.75) is 13.8 Å². The summed E-state index contributed by atoms with van der Waals surface area (Å²) in [5.74, 6) is -0.0929. The van der Waals surface area contributed by atoms with Crippen LogP contribution in [0.4, 0.5) is 5.69 Å². The molecule has 3 rings (SSSR count). The molecule has 0 radical (unpaired) electrons. The zero-order valence-electron chi connectivity index (χ0n) is 12.5. The van der Waals surface area contributed by atoms with E-state index in [2.05, 4.69) is 10.3 Å². The molecule has 1 heterocycles. The Hall–Kier alpha value is -2.46. The third-order valence-electron chi connectivity index (χ3n) is 3.42. The second-order valence-electron chi connectivity index (χ2n) is 5.10. The molecular weight excluding hydrogens is 292 g/mol. The minimum Gasteiger partial charge on any atom is -0.322 e. The minimum atomic E-state index is -0.0929. The van der Waals surface area contributed by atoms with E-state index in [1.165, 1.54) is 0 Å². The van der Waals surface area contributed by atoms with Gasteiger partial charge in [-0.25, -0.2) is 4.98 Å². The highest BCUT2D eigenvalue weighted by Crippen LogP contribution is 2.24. The van der Waals surface area contributed by atoms with Crippen LogP contribution in [0.3, 0.4) is 0 Å². The van der Waals surface area contributed by atoms with E-state index in [1.807, 2.05) is 67.8 Å². The normalized spacial score (nSPS) is 10.5. The van der Waals surface area contributed by atoms with E-state index in [0.717, 1.165) is 27.5 Å². The summed E-state index contributed by atoms with van der Waals surface area (Å²) in [5.41, 5.74) is 4.38. The highest BCUT2D eigenvalue weighted by molar-refractivity contribution is 7.09. The molecule has 1 aromatic heterocycles. The average Bonchev–Trinajstić information content (AvgIpc) is 2.94. The van der Waals surface area contributed by atoms with Gasteiger partial charge in [-0.2, -0.15) is 0 Å². The number of anilines is 1. The molecule has 0 saturated heterocycles. The first-order valence-electron chi connectivity index (χ1n) is 7.03. The zero-order valence-corrected chi connectivity index (χ0v) is 13.3. The van der Waals surface area contributed by atoms with Gasteiger partial charge in [0.05, 0.1) is 10.7 Å². The molecule has 1 amide bonds. The lowest BCUT2D eigenvalue weighted by atomic mass is 10.1. The molecule has 4 heteroatoms. The average molecular weight is 308 g/mol. The molecule has 110 valence electrons. The smallest absolute Gasteiger partial charge is 0.255 e. The number of nitrogens with zero attached hydrogens (tertiary/aromatic N) is 1. The van der Waals surface area contributed by atoms with Crippen LogP contribution in [0.2, 0.25) is 0 Å². The summed E-state index contributed by atoms with van der Waals surface area (Å²) >= 11 is 1.62. The lowest BCUT2D eigenvalue weighted by Crippen LogP contribution is -2.13. The predicted molar refractivity (Wildman–Crippen MR) is 91.4 cm³/mol. The van der Waals surface area contributed by atoms with Gasteiger partial charge in [0.25, 0.3) is 5.91 Å². The molecule has 0 aliphatic heterocycles. The zero-order chi connectivity index (χ0) is 15.5. The minimum absolute atomic E-state index is 0.0929. The van der Waals surface area contributed by atoms with Crippen molar-refractivity contribution < 1.29 is 4.79 Å². The highest BCUT2D eigenvalue weighted by atomic mass is 32.1. The van der Waals surface area contributed by atoms with Gasteiger partial charge in [-0.1, -0.05) is 30.3 Å². The second-order valence-corrected chi connectivity index (χ2v) is 6.16. The van der Waals surface area contributed by atoms with Gasteiger partial charge in [0.15, 0.2) is 0 Å². The van der Waals surface area contributed by atoms with E-state index in [1.54, 1.807) is 11.3 Å². The Morgan fingerprint density at radius 1 is 1.09 bits per heavy atom. The van der Waals surface area contributed by atoms with Crippen molar-refractivity contribution in [1.82, 2.24) is 4.98 Å². The molecule has 0 bridgehead atoms. The lowest BCUT2D eigenvalue weighted by Gasteiger charge is -2.08. The topological polar surface area (TPSA) is 42.0 Å². The maximum Gasteiger partial charge on any atom is 0.255 e. The third kappa shape index (κ3) is 3.07. The van der Waals surface area contributed by atoms with Crippen molar-refractivity contribution in [3.63, 3.8) is 0 Å². The Kier molecular flexibility index (Phi) is 4.02. The highest BCUT2D eigenvalue weighted by Gasteiger charge is 2.09. The predicted octanol–water partition coefficient (Wildman–Crippen LogP) is 4.68. The molecule has 1 N–H and O–H groups in total. The molecule has 0 aliphatic carbocycles. The fraction of sp³-hybridized carbons (Fsp3) is 0.111. The molecule has 0 atom stereocenters. The summed E-state index contributed by atoms with van der Waals surface area (Å²) in [5, 5.41) is 6.01. The summed E-state index contributed by atoms with van der Waals surface area (Å²) < 4.78 is 0. The molecule has 0 fully saturated rings. The van der Waals surface area contributed by atoms with Crippen molar-refractivity contribution in [2.75, 3.05) is 5.32 Å². The maximum atomic E-state index is 12.4. The fourth-order valence-corrected chi connectivity index (χ4v) is 2.90. The first-order chi connectivity index (χ1) is 10.6. The molecule has 22 heavy (non-hydrogen) atoms. The van der Waals surface area contributed by atoms with Crippen LogP contribution in [-0.4, -0.2) is 10.9 Å². The molecule has 3 aromatic rings. The van der Waals surface area contributed by atoms with Gasteiger partial charge in [0, 0.05) is 22.2 Å². The van der Waals surface area contributed by atoms with Crippen LogP contribution in [0.5, 0.6) is 0 Å². The van der Waals surface area contributed by atoms with Crippen molar-refractivity contribution in [2.24, 2.45) is 0 Å². The number of hydrogen-bond donors (Lipinski definition) is 1. The number of hydrogen-bond acceptors (Lipinski definition) is 3. The Labute approximate surface area is 133 Å². The van der Waals surface area contributed by atoms with E-state index in [0.29, 0.717) is 5.56 Å². The summed E-state index contributed by atoms with van der Waals surface area (Å²) in [7, 11) is 0. The number of nitrogens with one attached hydrogen (secondary N) is 1. The van der Waals surface area contributed by atoms with E-state index in [-0.39, 0.29) is 5.91 Å². The largest absolute Gasteiger partial charge is 0.322 e. The quantitative estimate of drug-likeness (QED) is 0.763. The SMILES string of the molecule is Cc1nc(-c2cccc(NC(=O)c3ccccc3C)c2)cs1. The third-order valence-corrected chi connectivity index (χ3v) is 4.20. The monoisotopic (exact) mass is 308 g/mol.